The van der Waals surface area contributed by atoms with Gasteiger partial charge in [-0.05, 0) is 55.5 Å². The molecule has 0 amide bonds. The van der Waals surface area contributed by atoms with Crippen LogP contribution in [0, 0.1) is 6.92 Å². The van der Waals surface area contributed by atoms with Gasteiger partial charge < -0.3 is 9.47 Å². The molecular formula is C26H20ClNO4. The number of ether oxygens (including phenoxy) is 2. The maximum atomic E-state index is 13.0. The van der Waals surface area contributed by atoms with Crippen LogP contribution in [0.3, 0.4) is 0 Å². The number of Topliss-reactive ketones (excluding diaryl/α,β-unsaturated/α-hetero) is 1. The zero-order valence-electron chi connectivity index (χ0n) is 17.6. The summed E-state index contributed by atoms with van der Waals surface area (Å²) in [5.41, 5.74) is 3.83. The van der Waals surface area contributed by atoms with E-state index in [1.165, 1.54) is 0 Å². The van der Waals surface area contributed by atoms with Gasteiger partial charge in [0, 0.05) is 21.5 Å². The molecule has 4 rings (SSSR count). The highest BCUT2D eigenvalue weighted by molar-refractivity contribution is 6.31. The molecule has 0 bridgehead atoms. The van der Waals surface area contributed by atoms with Crippen LogP contribution in [0.4, 0.5) is 0 Å². The first-order valence-corrected chi connectivity index (χ1v) is 10.3. The molecule has 32 heavy (non-hydrogen) atoms. The Morgan fingerprint density at radius 3 is 2.34 bits per heavy atom. The maximum absolute atomic E-state index is 13.0. The van der Waals surface area contributed by atoms with E-state index >= 15 is 0 Å². The largest absolute Gasteiger partial charge is 0.497 e. The summed E-state index contributed by atoms with van der Waals surface area (Å²) in [6.45, 7) is 1.58. The quantitative estimate of drug-likeness (QED) is 0.272. The van der Waals surface area contributed by atoms with Gasteiger partial charge in [0.05, 0.1) is 23.9 Å². The molecule has 5 nitrogen and oxygen atoms in total. The molecular weight excluding hydrogens is 426 g/mol. The summed E-state index contributed by atoms with van der Waals surface area (Å²) in [5, 5.41) is 1.03. The number of carbonyl (C=O) groups is 2. The summed E-state index contributed by atoms with van der Waals surface area (Å²) in [4.78, 5) is 30.1. The summed E-state index contributed by atoms with van der Waals surface area (Å²) >= 11 is 6.16. The molecule has 3 aromatic carbocycles. The third-order valence-electron chi connectivity index (χ3n) is 5.08. The van der Waals surface area contributed by atoms with Crippen LogP contribution in [0.15, 0.2) is 72.8 Å². The molecule has 4 aromatic rings. The summed E-state index contributed by atoms with van der Waals surface area (Å²) in [7, 11) is 1.60. The van der Waals surface area contributed by atoms with Gasteiger partial charge >= 0.3 is 5.97 Å². The Bertz CT molecular complexity index is 1300. The Morgan fingerprint density at radius 2 is 1.66 bits per heavy atom. The molecule has 0 N–H and O–H groups in total. The van der Waals surface area contributed by atoms with Gasteiger partial charge in [-0.25, -0.2) is 9.78 Å². The van der Waals surface area contributed by atoms with E-state index in [1.807, 2.05) is 43.3 Å². The van der Waals surface area contributed by atoms with Crippen LogP contribution in [-0.2, 0) is 4.74 Å². The van der Waals surface area contributed by atoms with Gasteiger partial charge in [-0.2, -0.15) is 0 Å². The topological polar surface area (TPSA) is 65.5 Å². The summed E-state index contributed by atoms with van der Waals surface area (Å²) < 4.78 is 10.6. The van der Waals surface area contributed by atoms with Crippen molar-refractivity contribution in [3.63, 3.8) is 0 Å². The second-order valence-electron chi connectivity index (χ2n) is 7.31. The lowest BCUT2D eigenvalue weighted by Gasteiger charge is -2.11. The third kappa shape index (κ3) is 4.63. The highest BCUT2D eigenvalue weighted by Gasteiger charge is 2.18. The Hall–Kier alpha value is -3.70. The van der Waals surface area contributed by atoms with Crippen molar-refractivity contribution in [2.75, 3.05) is 13.7 Å². The zero-order chi connectivity index (χ0) is 22.7. The fraction of sp³-hybridized carbons (Fsp3) is 0.115. The number of methoxy groups -OCH3 is 1. The maximum Gasteiger partial charge on any atom is 0.339 e. The number of hydrogen-bond donors (Lipinski definition) is 0. The molecule has 1 aromatic heterocycles. The number of aryl methyl sites for hydroxylation is 1. The van der Waals surface area contributed by atoms with Crippen molar-refractivity contribution in [2.24, 2.45) is 0 Å². The van der Waals surface area contributed by atoms with E-state index in [0.717, 1.165) is 16.9 Å². The minimum absolute atomic E-state index is 0.273. The third-order valence-corrected chi connectivity index (χ3v) is 5.32. The molecule has 0 saturated heterocycles. The van der Waals surface area contributed by atoms with Crippen molar-refractivity contribution in [2.45, 2.75) is 6.92 Å². The average Bonchev–Trinajstić information content (AvgIpc) is 2.82. The molecule has 6 heteroatoms. The van der Waals surface area contributed by atoms with Gasteiger partial charge in [0.2, 0.25) is 0 Å². The minimum Gasteiger partial charge on any atom is -0.497 e. The van der Waals surface area contributed by atoms with E-state index in [2.05, 4.69) is 4.98 Å². The lowest BCUT2D eigenvalue weighted by atomic mass is 10.0. The zero-order valence-corrected chi connectivity index (χ0v) is 18.3. The van der Waals surface area contributed by atoms with Crippen LogP contribution < -0.4 is 4.74 Å². The van der Waals surface area contributed by atoms with E-state index in [4.69, 9.17) is 21.1 Å². The number of halogens is 1. The monoisotopic (exact) mass is 445 g/mol. The standard InChI is InChI=1S/C26H20ClNO4/c1-16-3-5-18(6-4-16)25(29)15-32-26(30)22-14-24(17-7-10-20(31-2)11-8-17)28-23-12-9-19(27)13-21(22)23/h3-14H,15H2,1-2H3. The number of hydrogen-bond acceptors (Lipinski definition) is 5. The predicted molar refractivity (Wildman–Crippen MR) is 125 cm³/mol. The number of aromatic nitrogens is 1. The highest BCUT2D eigenvalue weighted by atomic mass is 35.5. The van der Waals surface area contributed by atoms with E-state index in [0.29, 0.717) is 32.7 Å². The number of rotatable bonds is 6. The van der Waals surface area contributed by atoms with Crippen molar-refractivity contribution in [3.8, 4) is 17.0 Å². The van der Waals surface area contributed by atoms with Crippen LogP contribution in [0.5, 0.6) is 5.75 Å². The van der Waals surface area contributed by atoms with E-state index in [1.54, 1.807) is 43.5 Å². The fourth-order valence-corrected chi connectivity index (χ4v) is 3.48. The number of ketones is 1. The number of nitrogens with zero attached hydrogens (tertiary/aromatic N) is 1. The van der Waals surface area contributed by atoms with E-state index in [9.17, 15) is 9.59 Å². The normalized spacial score (nSPS) is 10.7. The van der Waals surface area contributed by atoms with Gasteiger partial charge in [0.1, 0.15) is 5.75 Å². The molecule has 0 unspecified atom stereocenters. The molecule has 160 valence electrons. The van der Waals surface area contributed by atoms with Crippen LogP contribution in [-0.4, -0.2) is 30.5 Å². The van der Waals surface area contributed by atoms with Crippen molar-refractivity contribution in [3.05, 3.63) is 94.5 Å². The minimum atomic E-state index is -0.616. The molecule has 0 spiro atoms. The van der Waals surface area contributed by atoms with E-state index < -0.39 is 5.97 Å². The second kappa shape index (κ2) is 9.20. The van der Waals surface area contributed by atoms with Crippen molar-refractivity contribution < 1.29 is 19.1 Å². The van der Waals surface area contributed by atoms with Gasteiger partial charge in [-0.1, -0.05) is 41.4 Å². The number of esters is 1. The lowest BCUT2D eigenvalue weighted by molar-refractivity contribution is 0.0476. The van der Waals surface area contributed by atoms with E-state index in [-0.39, 0.29) is 12.4 Å². The Balaban J connectivity index is 1.66. The number of fused-ring (bicyclic) bond motifs is 1. The number of pyridine rings is 1. The SMILES string of the molecule is COc1ccc(-c2cc(C(=O)OCC(=O)c3ccc(C)cc3)c3cc(Cl)ccc3n2)cc1. The van der Waals surface area contributed by atoms with Crippen molar-refractivity contribution >= 4 is 34.3 Å². The molecule has 1 heterocycles. The Labute approximate surface area is 190 Å². The first-order valence-electron chi connectivity index (χ1n) is 9.96. The lowest BCUT2D eigenvalue weighted by Crippen LogP contribution is -2.15. The van der Waals surface area contributed by atoms with Gasteiger partial charge in [-0.3, -0.25) is 4.79 Å². The van der Waals surface area contributed by atoms with Gasteiger partial charge in [0.25, 0.3) is 0 Å². The summed E-state index contributed by atoms with van der Waals surface area (Å²) in [5.74, 6) is -0.171. The molecule has 0 fully saturated rings. The molecule has 0 saturated carbocycles. The number of carbonyl (C=O) groups excluding carboxylic acids is 2. The average molecular weight is 446 g/mol. The molecule has 0 radical (unpaired) electrons. The first-order chi connectivity index (χ1) is 15.4. The van der Waals surface area contributed by atoms with Crippen LogP contribution in [0.1, 0.15) is 26.3 Å². The molecule has 0 aliphatic heterocycles. The number of benzene rings is 3. The van der Waals surface area contributed by atoms with Crippen molar-refractivity contribution in [1.82, 2.24) is 4.98 Å². The van der Waals surface area contributed by atoms with Crippen LogP contribution in [0.2, 0.25) is 5.02 Å². The summed E-state index contributed by atoms with van der Waals surface area (Å²) in [6, 6.07) is 21.3. The van der Waals surface area contributed by atoms with Crippen LogP contribution >= 0.6 is 11.6 Å². The first kappa shape index (κ1) is 21.5. The Morgan fingerprint density at radius 1 is 0.938 bits per heavy atom. The molecule has 0 aliphatic carbocycles. The fourth-order valence-electron chi connectivity index (χ4n) is 3.31. The van der Waals surface area contributed by atoms with Gasteiger partial charge in [-0.15, -0.1) is 0 Å². The second-order valence-corrected chi connectivity index (χ2v) is 7.75. The smallest absolute Gasteiger partial charge is 0.339 e. The molecule has 0 atom stereocenters. The van der Waals surface area contributed by atoms with Gasteiger partial charge in [0.15, 0.2) is 12.4 Å². The summed E-state index contributed by atoms with van der Waals surface area (Å²) in [6.07, 6.45) is 0. The Kier molecular flexibility index (Phi) is 6.19. The van der Waals surface area contributed by atoms with Crippen LogP contribution in [0.25, 0.3) is 22.2 Å². The molecule has 0 aliphatic rings. The van der Waals surface area contributed by atoms with Crippen molar-refractivity contribution in [1.29, 1.82) is 0 Å². The highest BCUT2D eigenvalue weighted by Crippen LogP contribution is 2.28. The predicted octanol–water partition coefficient (Wildman–Crippen LogP) is 5.91.